The molecule has 0 heterocycles. The Morgan fingerprint density at radius 3 is 1.04 bits per heavy atom. The summed E-state index contributed by atoms with van der Waals surface area (Å²) in [5.74, 6) is -0.932. The third kappa shape index (κ3) is 7.67. The lowest BCUT2D eigenvalue weighted by Crippen LogP contribution is -2.14. The molecule has 2 rings (SSSR count). The lowest BCUT2D eigenvalue weighted by molar-refractivity contribution is 0.0817. The SMILES string of the molecule is C.ClC(Cl)=C(Cl)Cl.O=C(C(=O)c1ccccc1)c1ccccc1. The van der Waals surface area contributed by atoms with Gasteiger partial charge in [0, 0.05) is 11.1 Å². The maximum absolute atomic E-state index is 11.8. The molecule has 0 bridgehead atoms. The Hall–Kier alpha value is -1.32. The molecule has 0 spiro atoms. The molecular weight excluding hydrogens is 378 g/mol. The number of carbonyl (C=O) groups is 2. The van der Waals surface area contributed by atoms with Gasteiger partial charge in [0.25, 0.3) is 0 Å². The molecule has 0 saturated carbocycles. The van der Waals surface area contributed by atoms with Gasteiger partial charge < -0.3 is 0 Å². The number of carbonyl (C=O) groups excluding carboxylic acids is 2. The van der Waals surface area contributed by atoms with Crippen molar-refractivity contribution in [2.24, 2.45) is 0 Å². The standard InChI is InChI=1S/C14H10O2.C2Cl4.CH4/c15-13(11-7-3-1-4-8-11)14(16)12-9-5-2-6-10-12;3-1(4)2(5)6;/h1-10H;;1H4. The number of hydrogen-bond acceptors (Lipinski definition) is 2. The topological polar surface area (TPSA) is 34.1 Å². The highest BCUT2D eigenvalue weighted by Crippen LogP contribution is 2.20. The average molecular weight is 392 g/mol. The minimum atomic E-state index is -0.466. The number of halogens is 4. The van der Waals surface area contributed by atoms with Crippen molar-refractivity contribution >= 4 is 58.0 Å². The van der Waals surface area contributed by atoms with Crippen LogP contribution in [0.4, 0.5) is 0 Å². The number of hydrogen-bond donors (Lipinski definition) is 0. The molecule has 2 aromatic carbocycles. The van der Waals surface area contributed by atoms with Crippen LogP contribution < -0.4 is 0 Å². The van der Waals surface area contributed by atoms with Crippen molar-refractivity contribution in [2.45, 2.75) is 7.43 Å². The second-order valence-corrected chi connectivity index (χ2v) is 5.81. The van der Waals surface area contributed by atoms with Crippen molar-refractivity contribution in [2.75, 3.05) is 0 Å². The summed E-state index contributed by atoms with van der Waals surface area (Å²) >= 11 is 20.0. The molecule has 0 aliphatic rings. The zero-order valence-corrected chi connectivity index (χ0v) is 14.1. The van der Waals surface area contributed by atoms with E-state index in [4.69, 9.17) is 46.4 Å². The monoisotopic (exact) mass is 390 g/mol. The molecule has 0 amide bonds. The molecule has 0 N–H and O–H groups in total. The first-order valence-corrected chi connectivity index (χ1v) is 7.50. The molecule has 0 saturated heterocycles. The molecule has 0 aliphatic heterocycles. The summed E-state index contributed by atoms with van der Waals surface area (Å²) < 4.78 is -0.198. The lowest BCUT2D eigenvalue weighted by Gasteiger charge is -1.99. The van der Waals surface area contributed by atoms with Gasteiger partial charge in [0.2, 0.25) is 11.6 Å². The maximum Gasteiger partial charge on any atom is 0.233 e. The van der Waals surface area contributed by atoms with Crippen LogP contribution in [-0.4, -0.2) is 11.6 Å². The van der Waals surface area contributed by atoms with E-state index in [9.17, 15) is 9.59 Å². The van der Waals surface area contributed by atoms with Crippen LogP contribution in [0.15, 0.2) is 69.6 Å². The van der Waals surface area contributed by atoms with Crippen molar-refractivity contribution in [3.63, 3.8) is 0 Å². The van der Waals surface area contributed by atoms with E-state index in [1.165, 1.54) is 0 Å². The van der Waals surface area contributed by atoms with Gasteiger partial charge in [-0.25, -0.2) is 0 Å². The van der Waals surface area contributed by atoms with E-state index in [1.807, 2.05) is 12.1 Å². The Morgan fingerprint density at radius 1 is 0.565 bits per heavy atom. The van der Waals surface area contributed by atoms with Crippen LogP contribution in [0.5, 0.6) is 0 Å². The Bertz CT molecular complexity index is 600. The Labute approximate surface area is 155 Å². The Morgan fingerprint density at radius 2 is 0.826 bits per heavy atom. The van der Waals surface area contributed by atoms with Gasteiger partial charge in [0.15, 0.2) is 0 Å². The highest BCUT2D eigenvalue weighted by molar-refractivity contribution is 6.67. The second kappa shape index (κ2) is 11.3. The highest BCUT2D eigenvalue weighted by Gasteiger charge is 2.16. The Kier molecular flexibility index (Phi) is 10.6. The van der Waals surface area contributed by atoms with Gasteiger partial charge in [-0.3, -0.25) is 9.59 Å². The van der Waals surface area contributed by atoms with Crippen LogP contribution in [0.2, 0.25) is 0 Å². The second-order valence-electron chi connectivity index (χ2n) is 3.91. The summed E-state index contributed by atoms with van der Waals surface area (Å²) in [4.78, 5) is 23.6. The maximum atomic E-state index is 11.8. The highest BCUT2D eigenvalue weighted by atomic mass is 35.5. The Balaban J connectivity index is 0.000000599. The normalized spacial score (nSPS) is 8.87. The molecule has 122 valence electrons. The van der Waals surface area contributed by atoms with E-state index in [0.717, 1.165) is 0 Å². The van der Waals surface area contributed by atoms with Gasteiger partial charge >= 0.3 is 0 Å². The molecule has 2 aromatic rings. The molecule has 0 aromatic heterocycles. The lowest BCUT2D eigenvalue weighted by atomic mass is 10.0. The smallest absolute Gasteiger partial charge is 0.233 e. The molecule has 6 heteroatoms. The average Bonchev–Trinajstić information content (AvgIpc) is 2.55. The fraction of sp³-hybridized carbons (Fsp3) is 0.0588. The first-order chi connectivity index (χ1) is 10.4. The molecule has 0 radical (unpaired) electrons. The van der Waals surface area contributed by atoms with Crippen molar-refractivity contribution in [3.05, 3.63) is 80.8 Å². The van der Waals surface area contributed by atoms with Gasteiger partial charge in [-0.1, -0.05) is 114 Å². The number of ketones is 2. The fourth-order valence-corrected chi connectivity index (χ4v) is 1.44. The molecule has 0 unspecified atom stereocenters. The van der Waals surface area contributed by atoms with E-state index < -0.39 is 11.6 Å². The molecule has 2 nitrogen and oxygen atoms in total. The van der Waals surface area contributed by atoms with E-state index in [0.29, 0.717) is 11.1 Å². The van der Waals surface area contributed by atoms with Crippen molar-refractivity contribution in [3.8, 4) is 0 Å². The van der Waals surface area contributed by atoms with Gasteiger partial charge in [0.1, 0.15) is 8.98 Å². The first-order valence-electron chi connectivity index (χ1n) is 5.99. The summed E-state index contributed by atoms with van der Waals surface area (Å²) in [6.45, 7) is 0. The van der Waals surface area contributed by atoms with Crippen LogP contribution in [0, 0.1) is 0 Å². The largest absolute Gasteiger partial charge is 0.285 e. The minimum absolute atomic E-state index is 0. The summed E-state index contributed by atoms with van der Waals surface area (Å²) in [6, 6.07) is 17.2. The molecule has 0 atom stereocenters. The molecule has 0 fully saturated rings. The zero-order valence-electron chi connectivity index (χ0n) is 11.1. The number of Topliss-reactive ketones (excluding diaryl/α,β-unsaturated/α-hetero) is 2. The molecule has 0 aliphatic carbocycles. The first kappa shape index (κ1) is 21.7. The summed E-state index contributed by atoms with van der Waals surface area (Å²) in [7, 11) is 0. The summed E-state index contributed by atoms with van der Waals surface area (Å²) in [5.41, 5.74) is 0.854. The van der Waals surface area contributed by atoms with Crippen LogP contribution in [-0.2, 0) is 0 Å². The van der Waals surface area contributed by atoms with Crippen LogP contribution in [0.1, 0.15) is 28.1 Å². The van der Waals surface area contributed by atoms with Crippen LogP contribution in [0.3, 0.4) is 0 Å². The predicted molar refractivity (Wildman–Crippen MR) is 98.7 cm³/mol. The van der Waals surface area contributed by atoms with E-state index in [-0.39, 0.29) is 16.4 Å². The van der Waals surface area contributed by atoms with E-state index in [1.54, 1.807) is 48.5 Å². The van der Waals surface area contributed by atoms with Gasteiger partial charge in [0.05, 0.1) is 0 Å². The fourth-order valence-electron chi connectivity index (χ4n) is 1.44. The molecular formula is C17H14Cl4O2. The van der Waals surface area contributed by atoms with Gasteiger partial charge in [-0.15, -0.1) is 0 Å². The van der Waals surface area contributed by atoms with Crippen molar-refractivity contribution in [1.82, 2.24) is 0 Å². The van der Waals surface area contributed by atoms with Crippen molar-refractivity contribution in [1.29, 1.82) is 0 Å². The number of rotatable bonds is 3. The van der Waals surface area contributed by atoms with E-state index >= 15 is 0 Å². The summed E-state index contributed by atoms with van der Waals surface area (Å²) in [5, 5.41) is 0. The van der Waals surface area contributed by atoms with E-state index in [2.05, 4.69) is 0 Å². The summed E-state index contributed by atoms with van der Waals surface area (Å²) in [6.07, 6.45) is 0. The minimum Gasteiger partial charge on any atom is -0.285 e. The third-order valence-corrected chi connectivity index (χ3v) is 3.56. The van der Waals surface area contributed by atoms with Crippen LogP contribution in [0.25, 0.3) is 0 Å². The van der Waals surface area contributed by atoms with Crippen molar-refractivity contribution < 1.29 is 9.59 Å². The third-order valence-electron chi connectivity index (χ3n) is 2.42. The predicted octanol–water partition coefficient (Wildman–Crippen LogP) is 6.46. The van der Waals surface area contributed by atoms with Crippen LogP contribution >= 0.6 is 46.4 Å². The van der Waals surface area contributed by atoms with Gasteiger partial charge in [-0.05, 0) is 0 Å². The molecule has 23 heavy (non-hydrogen) atoms. The zero-order chi connectivity index (χ0) is 16.5. The number of benzene rings is 2. The van der Waals surface area contributed by atoms with Gasteiger partial charge in [-0.2, -0.15) is 0 Å². The quantitative estimate of drug-likeness (QED) is 0.444.